The number of thiophene rings is 1. The van der Waals surface area contributed by atoms with Gasteiger partial charge in [-0.15, -0.1) is 11.3 Å². The molecule has 0 N–H and O–H groups in total. The highest BCUT2D eigenvalue weighted by molar-refractivity contribution is 7.18. The molecule has 0 fully saturated rings. The van der Waals surface area contributed by atoms with Crippen LogP contribution in [0.2, 0.25) is 4.34 Å². The van der Waals surface area contributed by atoms with Crippen LogP contribution in [-0.4, -0.2) is 36.9 Å². The molecule has 2 rings (SSSR count). The molecule has 0 bridgehead atoms. The van der Waals surface area contributed by atoms with Crippen LogP contribution in [0.25, 0.3) is 0 Å². The molecule has 0 aliphatic heterocycles. The van der Waals surface area contributed by atoms with E-state index in [0.717, 1.165) is 24.1 Å². The predicted molar refractivity (Wildman–Crippen MR) is 150 cm³/mol. The summed E-state index contributed by atoms with van der Waals surface area (Å²) in [7, 11) is 0. The summed E-state index contributed by atoms with van der Waals surface area (Å²) in [5.41, 5.74) is 2.66. The molecule has 5 nitrogen and oxygen atoms in total. The van der Waals surface area contributed by atoms with Gasteiger partial charge in [0.15, 0.2) is 11.6 Å². The van der Waals surface area contributed by atoms with Crippen LogP contribution in [0.1, 0.15) is 89.0 Å². The number of carbonyl (C=O) groups excluding carboxylic acids is 3. The molecule has 0 unspecified atom stereocenters. The molecule has 0 saturated carbocycles. The number of rotatable bonds is 8. The number of hydrogen-bond donors (Lipinski definition) is 0. The van der Waals surface area contributed by atoms with E-state index in [1.807, 2.05) is 20.8 Å². The maximum absolute atomic E-state index is 10.6. The van der Waals surface area contributed by atoms with Gasteiger partial charge in [0.25, 0.3) is 0 Å². The van der Waals surface area contributed by atoms with E-state index >= 15 is 0 Å². The number of esters is 1. The van der Waals surface area contributed by atoms with Crippen molar-refractivity contribution in [2.75, 3.05) is 13.2 Å². The average Bonchev–Trinajstić information content (AvgIpc) is 3.22. The fourth-order valence-electron chi connectivity index (χ4n) is 2.19. The van der Waals surface area contributed by atoms with Gasteiger partial charge in [-0.3, -0.25) is 14.4 Å². The van der Waals surface area contributed by atoms with Crippen molar-refractivity contribution in [1.82, 2.24) is 0 Å². The van der Waals surface area contributed by atoms with Crippen molar-refractivity contribution in [1.29, 1.82) is 0 Å². The lowest BCUT2D eigenvalue weighted by atomic mass is 10.2. The van der Waals surface area contributed by atoms with Gasteiger partial charge in [0.05, 0.1) is 9.21 Å². The van der Waals surface area contributed by atoms with Gasteiger partial charge in [-0.25, -0.2) is 0 Å². The number of aryl methyl sites for hydroxylation is 2. The number of Topliss-reactive ketones (excluding diaryl/α,β-unsaturated/α-hetero) is 2. The van der Waals surface area contributed by atoms with E-state index < -0.39 is 0 Å². The highest BCUT2D eigenvalue weighted by Gasteiger charge is 2.04. The Balaban J connectivity index is -0.000000387. The Labute approximate surface area is 222 Å². The van der Waals surface area contributed by atoms with Gasteiger partial charge < -0.3 is 9.47 Å². The van der Waals surface area contributed by atoms with Crippen LogP contribution < -0.4 is 0 Å². The first-order valence-corrected chi connectivity index (χ1v) is 12.7. The Morgan fingerprint density at radius 3 is 1.60 bits per heavy atom. The molecule has 200 valence electrons. The van der Waals surface area contributed by atoms with E-state index in [9.17, 15) is 14.4 Å². The monoisotopic (exact) mass is 528 g/mol. The molecule has 0 radical (unpaired) electrons. The SMILES string of the molecule is C.CC(=O)c1ccc(Cl)s1.CCC(CC)OC(C)=O.CCCOCC(C)=O.Cc1ccc(C)cc1. The second kappa shape index (κ2) is 23.7. The smallest absolute Gasteiger partial charge is 0.302 e. The molecule has 7 heteroatoms. The van der Waals surface area contributed by atoms with E-state index in [0.29, 0.717) is 10.9 Å². The fraction of sp³-hybridized carbons (Fsp3) is 0.536. The van der Waals surface area contributed by atoms with Gasteiger partial charge in [-0.2, -0.15) is 0 Å². The van der Waals surface area contributed by atoms with Crippen LogP contribution in [0.3, 0.4) is 0 Å². The standard InChI is InChI=1S/C8H10.C7H14O2.C6H5ClOS.C6H12O2.CH4/c1-7-3-5-8(2)6-4-7;1-4-7(5-2)9-6(3)8;1-4(8)5-2-3-6(7)9-5;1-3-4-8-5-6(2)7;/h3-6H,1-2H3;7H,4-5H2,1-3H3;2-3H,1H3;3-5H2,1-2H3;1H4. The summed E-state index contributed by atoms with van der Waals surface area (Å²) in [6.45, 7) is 15.7. The summed E-state index contributed by atoms with van der Waals surface area (Å²) < 4.78 is 10.5. The van der Waals surface area contributed by atoms with Crippen molar-refractivity contribution in [3.8, 4) is 0 Å². The Morgan fingerprint density at radius 1 is 0.886 bits per heavy atom. The topological polar surface area (TPSA) is 69.7 Å². The quantitative estimate of drug-likeness (QED) is 0.196. The summed E-state index contributed by atoms with van der Waals surface area (Å²) >= 11 is 6.88. The van der Waals surface area contributed by atoms with E-state index in [4.69, 9.17) is 21.1 Å². The summed E-state index contributed by atoms with van der Waals surface area (Å²) in [5.74, 6) is -0.00551. The Morgan fingerprint density at radius 2 is 1.37 bits per heavy atom. The molecule has 35 heavy (non-hydrogen) atoms. The molecule has 1 aromatic heterocycles. The molecule has 1 aromatic carbocycles. The van der Waals surface area contributed by atoms with Gasteiger partial charge in [0.1, 0.15) is 12.7 Å². The third-order valence-electron chi connectivity index (χ3n) is 4.04. The lowest BCUT2D eigenvalue weighted by Crippen LogP contribution is -2.13. The van der Waals surface area contributed by atoms with Crippen molar-refractivity contribution in [2.24, 2.45) is 0 Å². The number of hydrogen-bond acceptors (Lipinski definition) is 6. The summed E-state index contributed by atoms with van der Waals surface area (Å²) in [6.07, 6.45) is 2.93. The number of halogens is 1. The molecule has 0 saturated heterocycles. The minimum Gasteiger partial charge on any atom is -0.463 e. The molecule has 0 amide bonds. The number of ketones is 2. The number of benzene rings is 1. The highest BCUT2D eigenvalue weighted by Crippen LogP contribution is 2.21. The van der Waals surface area contributed by atoms with Gasteiger partial charge >= 0.3 is 5.97 Å². The molecule has 0 aliphatic carbocycles. The maximum Gasteiger partial charge on any atom is 0.302 e. The van der Waals surface area contributed by atoms with Gasteiger partial charge in [0.2, 0.25) is 0 Å². The van der Waals surface area contributed by atoms with Crippen LogP contribution in [0, 0.1) is 13.8 Å². The minimum absolute atomic E-state index is 0. The zero-order valence-electron chi connectivity index (χ0n) is 21.9. The fourth-order valence-corrected chi connectivity index (χ4v) is 3.13. The Hall–Kier alpha value is -2.02. The molecular formula is C28H45ClO5S. The van der Waals surface area contributed by atoms with Gasteiger partial charge in [-0.1, -0.05) is 75.2 Å². The third-order valence-corrected chi connectivity index (χ3v) is 5.37. The largest absolute Gasteiger partial charge is 0.463 e. The second-order valence-corrected chi connectivity index (χ2v) is 9.33. The van der Waals surface area contributed by atoms with Crippen molar-refractivity contribution < 1.29 is 23.9 Å². The van der Waals surface area contributed by atoms with Crippen molar-refractivity contribution in [3.63, 3.8) is 0 Å². The summed E-state index contributed by atoms with van der Waals surface area (Å²) in [5, 5.41) is 0. The maximum atomic E-state index is 10.6. The van der Waals surface area contributed by atoms with Gasteiger partial charge in [-0.05, 0) is 59.1 Å². The molecule has 2 aromatic rings. The lowest BCUT2D eigenvalue weighted by molar-refractivity contribution is -0.146. The van der Waals surface area contributed by atoms with Gasteiger partial charge in [0, 0.05) is 13.5 Å². The van der Waals surface area contributed by atoms with Crippen molar-refractivity contribution >= 4 is 40.5 Å². The highest BCUT2D eigenvalue weighted by atomic mass is 35.5. The number of ether oxygens (including phenoxy) is 2. The molecule has 0 atom stereocenters. The minimum atomic E-state index is -0.177. The van der Waals surface area contributed by atoms with Crippen LogP contribution in [0.5, 0.6) is 0 Å². The predicted octanol–water partition coefficient (Wildman–Crippen LogP) is 8.28. The lowest BCUT2D eigenvalue weighted by Gasteiger charge is -2.11. The zero-order valence-corrected chi connectivity index (χ0v) is 23.5. The van der Waals surface area contributed by atoms with E-state index in [-0.39, 0.29) is 37.7 Å². The molecule has 1 heterocycles. The molecule has 0 spiro atoms. The van der Waals surface area contributed by atoms with Crippen LogP contribution in [0.15, 0.2) is 36.4 Å². The Bertz CT molecular complexity index is 790. The van der Waals surface area contributed by atoms with Crippen LogP contribution >= 0.6 is 22.9 Å². The Kier molecular flexibility index (Phi) is 25.4. The summed E-state index contributed by atoms with van der Waals surface area (Å²) in [4.78, 5) is 31.9. The van der Waals surface area contributed by atoms with Crippen LogP contribution in [-0.2, 0) is 19.1 Å². The van der Waals surface area contributed by atoms with Crippen molar-refractivity contribution in [3.05, 3.63) is 56.7 Å². The first-order chi connectivity index (χ1) is 16.0. The summed E-state index contributed by atoms with van der Waals surface area (Å²) in [6, 6.07) is 11.9. The van der Waals surface area contributed by atoms with E-state index in [1.54, 1.807) is 12.1 Å². The van der Waals surface area contributed by atoms with Crippen molar-refractivity contribution in [2.45, 2.75) is 88.2 Å². The third kappa shape index (κ3) is 24.9. The van der Waals surface area contributed by atoms with E-state index in [1.165, 1.54) is 43.2 Å². The molecular weight excluding hydrogens is 484 g/mol. The van der Waals surface area contributed by atoms with Crippen LogP contribution in [0.4, 0.5) is 0 Å². The number of carbonyl (C=O) groups is 3. The second-order valence-electron chi connectivity index (χ2n) is 7.62. The first kappa shape index (κ1) is 37.5. The molecule has 0 aliphatic rings. The van der Waals surface area contributed by atoms with E-state index in [2.05, 4.69) is 38.1 Å². The first-order valence-electron chi connectivity index (χ1n) is 11.5. The normalized spacial score (nSPS) is 9.20. The average molecular weight is 529 g/mol. The zero-order chi connectivity index (χ0) is 26.5.